The fourth-order valence-corrected chi connectivity index (χ4v) is 3.02. The van der Waals surface area contributed by atoms with Crippen LogP contribution in [0, 0.1) is 5.92 Å². The maximum atomic E-state index is 12.7. The third kappa shape index (κ3) is 3.83. The summed E-state index contributed by atoms with van der Waals surface area (Å²) in [6.07, 6.45) is 2.31. The molecule has 1 amide bonds. The van der Waals surface area contributed by atoms with E-state index in [-0.39, 0.29) is 5.91 Å². The van der Waals surface area contributed by atoms with Gasteiger partial charge in [0.15, 0.2) is 0 Å². The first-order chi connectivity index (χ1) is 9.91. The predicted octanol–water partition coefficient (Wildman–Crippen LogP) is 1.66. The van der Waals surface area contributed by atoms with E-state index >= 15 is 0 Å². The molecule has 1 aromatic carbocycles. The Balaban J connectivity index is 1.98. The van der Waals surface area contributed by atoms with Crippen LogP contribution in [0.25, 0.3) is 0 Å². The minimum Gasteiger partial charge on any atom is -0.344 e. The third-order valence-electron chi connectivity index (χ3n) is 4.53. The number of nitrogens with two attached hydrogens (primary N) is 1. The highest BCUT2D eigenvalue weighted by atomic mass is 16.2. The molecular formula is C17H27N3O. The van der Waals surface area contributed by atoms with E-state index in [1.165, 1.54) is 0 Å². The van der Waals surface area contributed by atoms with Gasteiger partial charge in [0.05, 0.1) is 0 Å². The van der Waals surface area contributed by atoms with E-state index in [9.17, 15) is 4.79 Å². The Morgan fingerprint density at radius 2 is 1.90 bits per heavy atom. The molecule has 2 rings (SSSR count). The van der Waals surface area contributed by atoms with E-state index in [2.05, 4.69) is 11.9 Å². The van der Waals surface area contributed by atoms with Crippen LogP contribution in [0.2, 0.25) is 0 Å². The molecule has 1 saturated heterocycles. The van der Waals surface area contributed by atoms with Crippen molar-refractivity contribution in [3.8, 4) is 0 Å². The quantitative estimate of drug-likeness (QED) is 0.917. The Morgan fingerprint density at radius 1 is 1.33 bits per heavy atom. The Morgan fingerprint density at radius 3 is 2.48 bits per heavy atom. The third-order valence-corrected chi connectivity index (χ3v) is 4.53. The Hall–Kier alpha value is -1.39. The van der Waals surface area contributed by atoms with Gasteiger partial charge in [-0.25, -0.2) is 0 Å². The summed E-state index contributed by atoms with van der Waals surface area (Å²) in [6.45, 7) is 4.83. The number of carbonyl (C=O) groups excluding carboxylic acids is 1. The molecule has 1 unspecified atom stereocenters. The second-order valence-corrected chi connectivity index (χ2v) is 6.50. The van der Waals surface area contributed by atoms with E-state index in [0.717, 1.165) is 38.0 Å². The van der Waals surface area contributed by atoms with Crippen LogP contribution in [0.1, 0.15) is 25.3 Å². The second-order valence-electron chi connectivity index (χ2n) is 6.50. The molecule has 1 heterocycles. The molecule has 0 aromatic heterocycles. The Bertz CT molecular complexity index is 464. The van der Waals surface area contributed by atoms with Crippen LogP contribution >= 0.6 is 0 Å². The fraction of sp³-hybridized carbons (Fsp3) is 0.588. The number of benzene rings is 1. The van der Waals surface area contributed by atoms with Crippen LogP contribution in [0.5, 0.6) is 0 Å². The Labute approximate surface area is 127 Å². The van der Waals surface area contributed by atoms with Crippen LogP contribution in [-0.4, -0.2) is 49.4 Å². The summed E-state index contributed by atoms with van der Waals surface area (Å²) in [5, 5.41) is 0. The van der Waals surface area contributed by atoms with Crippen molar-refractivity contribution in [3.63, 3.8) is 0 Å². The van der Waals surface area contributed by atoms with Crippen molar-refractivity contribution in [3.05, 3.63) is 35.9 Å². The van der Waals surface area contributed by atoms with Gasteiger partial charge < -0.3 is 15.5 Å². The molecule has 21 heavy (non-hydrogen) atoms. The van der Waals surface area contributed by atoms with E-state index in [1.54, 1.807) is 6.92 Å². The van der Waals surface area contributed by atoms with Crippen LogP contribution < -0.4 is 5.73 Å². The average Bonchev–Trinajstić information content (AvgIpc) is 2.49. The first-order valence-corrected chi connectivity index (χ1v) is 7.69. The number of rotatable bonds is 4. The number of piperidine rings is 1. The Kier molecular flexibility index (Phi) is 5.01. The lowest BCUT2D eigenvalue weighted by Crippen LogP contribution is -2.51. The standard InChI is InChI=1S/C17H27N3O/c1-17(18,15-7-5-4-6-8-15)16(21)20(3)13-14-9-11-19(2)12-10-14/h4-8,14H,9-13,18H2,1-3H3. The van der Waals surface area contributed by atoms with Crippen molar-refractivity contribution >= 4 is 5.91 Å². The largest absolute Gasteiger partial charge is 0.344 e. The van der Waals surface area contributed by atoms with Gasteiger partial charge >= 0.3 is 0 Å². The number of hydrogen-bond donors (Lipinski definition) is 1. The summed E-state index contributed by atoms with van der Waals surface area (Å²) in [6, 6.07) is 9.62. The fourth-order valence-electron chi connectivity index (χ4n) is 3.02. The number of amides is 1. The van der Waals surface area contributed by atoms with Crippen molar-refractivity contribution in [1.82, 2.24) is 9.80 Å². The summed E-state index contributed by atoms with van der Waals surface area (Å²) in [5.41, 5.74) is 6.22. The molecular weight excluding hydrogens is 262 g/mol. The van der Waals surface area contributed by atoms with Crippen molar-refractivity contribution < 1.29 is 4.79 Å². The zero-order valence-electron chi connectivity index (χ0n) is 13.4. The molecule has 0 saturated carbocycles. The van der Waals surface area contributed by atoms with Crippen molar-refractivity contribution in [2.75, 3.05) is 33.7 Å². The summed E-state index contributed by atoms with van der Waals surface area (Å²) >= 11 is 0. The lowest BCUT2D eigenvalue weighted by atomic mass is 9.90. The van der Waals surface area contributed by atoms with E-state index < -0.39 is 5.54 Å². The molecule has 4 heteroatoms. The van der Waals surface area contributed by atoms with Gasteiger partial charge in [0, 0.05) is 13.6 Å². The van der Waals surface area contributed by atoms with Crippen LogP contribution in [0.3, 0.4) is 0 Å². The molecule has 2 N–H and O–H groups in total. The van der Waals surface area contributed by atoms with Crippen molar-refractivity contribution in [1.29, 1.82) is 0 Å². The van der Waals surface area contributed by atoms with Gasteiger partial charge in [-0.3, -0.25) is 4.79 Å². The lowest BCUT2D eigenvalue weighted by molar-refractivity contribution is -0.136. The molecule has 116 valence electrons. The summed E-state index contributed by atoms with van der Waals surface area (Å²) in [4.78, 5) is 16.8. The highest BCUT2D eigenvalue weighted by Gasteiger charge is 2.34. The maximum Gasteiger partial charge on any atom is 0.246 e. The van der Waals surface area contributed by atoms with Gasteiger partial charge in [0.2, 0.25) is 5.91 Å². The number of nitrogens with zero attached hydrogens (tertiary/aromatic N) is 2. The lowest BCUT2D eigenvalue weighted by Gasteiger charge is -2.35. The molecule has 1 fully saturated rings. The highest BCUT2D eigenvalue weighted by Crippen LogP contribution is 2.22. The molecule has 0 aliphatic carbocycles. The second kappa shape index (κ2) is 6.58. The van der Waals surface area contributed by atoms with E-state index in [0.29, 0.717) is 5.92 Å². The topological polar surface area (TPSA) is 49.6 Å². The highest BCUT2D eigenvalue weighted by molar-refractivity contribution is 5.86. The molecule has 0 radical (unpaired) electrons. The van der Waals surface area contributed by atoms with Gasteiger partial charge in [0.25, 0.3) is 0 Å². The normalized spacial score (nSPS) is 20.0. The SMILES string of the molecule is CN1CCC(CN(C)C(=O)C(C)(N)c2ccccc2)CC1. The van der Waals surface area contributed by atoms with Gasteiger partial charge in [0.1, 0.15) is 5.54 Å². The zero-order valence-corrected chi connectivity index (χ0v) is 13.4. The summed E-state index contributed by atoms with van der Waals surface area (Å²) < 4.78 is 0. The molecule has 1 atom stereocenters. The van der Waals surface area contributed by atoms with E-state index in [4.69, 9.17) is 5.73 Å². The minimum atomic E-state index is -0.957. The zero-order chi connectivity index (χ0) is 15.5. The van der Waals surface area contributed by atoms with Crippen molar-refractivity contribution in [2.45, 2.75) is 25.3 Å². The van der Waals surface area contributed by atoms with Crippen molar-refractivity contribution in [2.24, 2.45) is 11.7 Å². The predicted molar refractivity (Wildman–Crippen MR) is 85.8 cm³/mol. The monoisotopic (exact) mass is 289 g/mol. The van der Waals surface area contributed by atoms with Crippen LogP contribution in [-0.2, 0) is 10.3 Å². The molecule has 0 bridgehead atoms. The number of hydrogen-bond acceptors (Lipinski definition) is 3. The molecule has 1 aliphatic heterocycles. The average molecular weight is 289 g/mol. The van der Waals surface area contributed by atoms with Gasteiger partial charge in [-0.2, -0.15) is 0 Å². The molecule has 1 aliphatic rings. The number of likely N-dealkylation sites (N-methyl/N-ethyl adjacent to an activating group) is 1. The maximum absolute atomic E-state index is 12.7. The van der Waals surface area contributed by atoms with Gasteiger partial charge in [-0.15, -0.1) is 0 Å². The van der Waals surface area contributed by atoms with Crippen LogP contribution in [0.15, 0.2) is 30.3 Å². The molecule has 0 spiro atoms. The van der Waals surface area contributed by atoms with Gasteiger partial charge in [-0.05, 0) is 51.4 Å². The first kappa shape index (κ1) is 16.0. The molecule has 4 nitrogen and oxygen atoms in total. The van der Waals surface area contributed by atoms with E-state index in [1.807, 2.05) is 42.3 Å². The minimum absolute atomic E-state index is 0.00683. The number of likely N-dealkylation sites (tertiary alicyclic amines) is 1. The van der Waals surface area contributed by atoms with Crippen LogP contribution in [0.4, 0.5) is 0 Å². The number of carbonyl (C=O) groups is 1. The smallest absolute Gasteiger partial charge is 0.246 e. The summed E-state index contributed by atoms with van der Waals surface area (Å²) in [5.74, 6) is 0.578. The summed E-state index contributed by atoms with van der Waals surface area (Å²) in [7, 11) is 4.02. The van der Waals surface area contributed by atoms with Gasteiger partial charge in [-0.1, -0.05) is 30.3 Å². The first-order valence-electron chi connectivity index (χ1n) is 7.69. The molecule has 1 aromatic rings.